The van der Waals surface area contributed by atoms with Crippen LogP contribution in [0.2, 0.25) is 5.02 Å². The lowest BCUT2D eigenvalue weighted by molar-refractivity contribution is -0.131. The second-order valence-electron chi connectivity index (χ2n) is 7.81. The van der Waals surface area contributed by atoms with Crippen molar-refractivity contribution in [3.05, 3.63) is 77.6 Å². The van der Waals surface area contributed by atoms with E-state index in [9.17, 15) is 4.79 Å². The number of aromatic nitrogens is 2. The number of anilines is 1. The zero-order valence-corrected chi connectivity index (χ0v) is 20.2. The van der Waals surface area contributed by atoms with Crippen molar-refractivity contribution in [1.82, 2.24) is 9.97 Å². The van der Waals surface area contributed by atoms with Crippen molar-refractivity contribution in [2.24, 2.45) is 0 Å². The topological polar surface area (TPSA) is 64.5 Å². The van der Waals surface area contributed by atoms with E-state index in [1.165, 1.54) is 11.3 Å². The number of pyridine rings is 1. The second kappa shape index (κ2) is 9.77. The lowest BCUT2D eigenvalue weighted by Gasteiger charge is -2.31. The molecule has 2 aromatic carbocycles. The third-order valence-corrected chi connectivity index (χ3v) is 6.19. The van der Waals surface area contributed by atoms with E-state index in [4.69, 9.17) is 26.1 Å². The first-order valence-electron chi connectivity index (χ1n) is 10.6. The number of halogens is 1. The summed E-state index contributed by atoms with van der Waals surface area (Å²) in [7, 11) is 0. The fourth-order valence-electron chi connectivity index (χ4n) is 3.34. The van der Waals surface area contributed by atoms with Crippen LogP contribution in [0.4, 0.5) is 5.13 Å². The van der Waals surface area contributed by atoms with Gasteiger partial charge in [0.05, 0.1) is 23.5 Å². The van der Waals surface area contributed by atoms with Gasteiger partial charge in [-0.2, -0.15) is 0 Å². The predicted octanol–water partition coefficient (Wildman–Crippen LogP) is 6.13. The Bertz CT molecular complexity index is 1240. The number of amides is 1. The van der Waals surface area contributed by atoms with E-state index in [1.807, 2.05) is 43.3 Å². The van der Waals surface area contributed by atoms with Gasteiger partial charge in [-0.3, -0.25) is 14.7 Å². The molecule has 0 unspecified atom stereocenters. The normalized spacial score (nSPS) is 11.4. The molecule has 4 rings (SSSR count). The number of hydrogen-bond acceptors (Lipinski definition) is 6. The van der Waals surface area contributed by atoms with Gasteiger partial charge >= 0.3 is 0 Å². The number of benzene rings is 2. The molecule has 6 nitrogen and oxygen atoms in total. The standard InChI is InChI=1S/C25H24ClN3O3S/c1-4-31-20-9-7-10-21-22(20)28-24(33-21)29(16-18-8-5-6-15-27-18)23(30)25(2,3)32-19-13-11-17(26)12-14-19/h5-15H,4,16H2,1-3H3. The van der Waals surface area contributed by atoms with E-state index in [0.29, 0.717) is 28.3 Å². The number of fused-ring (bicyclic) bond motifs is 1. The molecule has 1 amide bonds. The minimum absolute atomic E-state index is 0.236. The van der Waals surface area contributed by atoms with Gasteiger partial charge in [0.25, 0.3) is 5.91 Å². The van der Waals surface area contributed by atoms with Gasteiger partial charge in [0, 0.05) is 11.2 Å². The van der Waals surface area contributed by atoms with E-state index in [2.05, 4.69) is 4.98 Å². The fourth-order valence-corrected chi connectivity index (χ4v) is 4.45. The summed E-state index contributed by atoms with van der Waals surface area (Å²) >= 11 is 7.42. The molecule has 0 radical (unpaired) electrons. The molecule has 0 aliphatic heterocycles. The first kappa shape index (κ1) is 23.0. The van der Waals surface area contributed by atoms with E-state index >= 15 is 0 Å². The average molecular weight is 482 g/mol. The Balaban J connectivity index is 1.71. The molecule has 0 fully saturated rings. The Hall–Kier alpha value is -3.16. The van der Waals surface area contributed by atoms with Crippen LogP contribution in [0.1, 0.15) is 26.5 Å². The van der Waals surface area contributed by atoms with Crippen LogP contribution in [0.3, 0.4) is 0 Å². The first-order chi connectivity index (χ1) is 15.9. The zero-order valence-electron chi connectivity index (χ0n) is 18.6. The fraction of sp³-hybridized carbons (Fsp3) is 0.240. The third-order valence-electron chi connectivity index (χ3n) is 4.89. The van der Waals surface area contributed by atoms with Crippen molar-refractivity contribution in [3.63, 3.8) is 0 Å². The molecule has 0 bridgehead atoms. The highest BCUT2D eigenvalue weighted by molar-refractivity contribution is 7.22. The molecule has 0 aliphatic rings. The maximum Gasteiger partial charge on any atom is 0.272 e. The highest BCUT2D eigenvalue weighted by atomic mass is 35.5. The van der Waals surface area contributed by atoms with E-state index in [-0.39, 0.29) is 12.5 Å². The molecular formula is C25H24ClN3O3S. The zero-order chi connectivity index (χ0) is 23.4. The molecule has 2 aromatic heterocycles. The van der Waals surface area contributed by atoms with Crippen molar-refractivity contribution >= 4 is 44.2 Å². The van der Waals surface area contributed by atoms with Crippen molar-refractivity contribution in [1.29, 1.82) is 0 Å². The van der Waals surface area contributed by atoms with Crippen molar-refractivity contribution in [2.45, 2.75) is 32.9 Å². The molecular weight excluding hydrogens is 458 g/mol. The summed E-state index contributed by atoms with van der Waals surface area (Å²) < 4.78 is 12.8. The summed E-state index contributed by atoms with van der Waals surface area (Å²) in [6, 6.07) is 18.3. The molecule has 0 aliphatic carbocycles. The number of rotatable bonds is 8. The van der Waals surface area contributed by atoms with Gasteiger partial charge in [-0.25, -0.2) is 4.98 Å². The number of hydrogen-bond donors (Lipinski definition) is 0. The van der Waals surface area contributed by atoms with Crippen LogP contribution < -0.4 is 14.4 Å². The number of nitrogens with zero attached hydrogens (tertiary/aromatic N) is 3. The average Bonchev–Trinajstić information content (AvgIpc) is 3.24. The molecule has 0 atom stereocenters. The number of ether oxygens (including phenoxy) is 2. The Kier molecular flexibility index (Phi) is 6.81. The van der Waals surface area contributed by atoms with Gasteiger partial charge in [0.15, 0.2) is 10.7 Å². The highest BCUT2D eigenvalue weighted by Crippen LogP contribution is 2.36. The summed E-state index contributed by atoms with van der Waals surface area (Å²) in [5.74, 6) is 1.01. The number of carbonyl (C=O) groups is 1. The van der Waals surface area contributed by atoms with E-state index < -0.39 is 5.60 Å². The van der Waals surface area contributed by atoms with Gasteiger partial charge in [0.1, 0.15) is 17.0 Å². The lowest BCUT2D eigenvalue weighted by Crippen LogP contribution is -2.49. The van der Waals surface area contributed by atoms with Gasteiger partial charge < -0.3 is 9.47 Å². The van der Waals surface area contributed by atoms with Crippen LogP contribution in [0.15, 0.2) is 66.9 Å². The van der Waals surface area contributed by atoms with Crippen LogP contribution in [-0.4, -0.2) is 28.1 Å². The van der Waals surface area contributed by atoms with Gasteiger partial charge in [-0.15, -0.1) is 0 Å². The van der Waals surface area contributed by atoms with Crippen LogP contribution >= 0.6 is 22.9 Å². The Labute approximate surface area is 201 Å². The molecule has 0 N–H and O–H groups in total. The second-order valence-corrected chi connectivity index (χ2v) is 9.26. The summed E-state index contributed by atoms with van der Waals surface area (Å²) in [6.45, 7) is 6.21. The van der Waals surface area contributed by atoms with Gasteiger partial charge in [0.2, 0.25) is 0 Å². The maximum atomic E-state index is 13.8. The SMILES string of the molecule is CCOc1cccc2sc(N(Cc3ccccn3)C(=O)C(C)(C)Oc3ccc(Cl)cc3)nc12. The molecule has 170 valence electrons. The summed E-state index contributed by atoms with van der Waals surface area (Å²) in [5, 5.41) is 1.16. The van der Waals surface area contributed by atoms with Crippen molar-refractivity contribution < 1.29 is 14.3 Å². The number of para-hydroxylation sites is 1. The highest BCUT2D eigenvalue weighted by Gasteiger charge is 2.37. The number of carbonyl (C=O) groups excluding carboxylic acids is 1. The Morgan fingerprint density at radius 3 is 2.58 bits per heavy atom. The number of thiazole rings is 1. The van der Waals surface area contributed by atoms with E-state index in [0.717, 1.165) is 15.9 Å². The lowest BCUT2D eigenvalue weighted by atomic mass is 10.1. The summed E-state index contributed by atoms with van der Waals surface area (Å²) in [5.41, 5.74) is 0.315. The van der Waals surface area contributed by atoms with Crippen LogP contribution in [0.25, 0.3) is 10.2 Å². The molecule has 0 saturated heterocycles. The molecule has 33 heavy (non-hydrogen) atoms. The summed E-state index contributed by atoms with van der Waals surface area (Å²) in [4.78, 5) is 24.6. The maximum absolute atomic E-state index is 13.8. The summed E-state index contributed by atoms with van der Waals surface area (Å²) in [6.07, 6.45) is 1.71. The largest absolute Gasteiger partial charge is 0.492 e. The van der Waals surface area contributed by atoms with Gasteiger partial charge in [-0.05, 0) is 69.3 Å². The van der Waals surface area contributed by atoms with Crippen molar-refractivity contribution in [3.8, 4) is 11.5 Å². The van der Waals surface area contributed by atoms with Crippen LogP contribution in [0.5, 0.6) is 11.5 Å². The first-order valence-corrected chi connectivity index (χ1v) is 11.8. The smallest absolute Gasteiger partial charge is 0.272 e. The Morgan fingerprint density at radius 2 is 1.88 bits per heavy atom. The van der Waals surface area contributed by atoms with Crippen molar-refractivity contribution in [2.75, 3.05) is 11.5 Å². The third kappa shape index (κ3) is 5.26. The quantitative estimate of drug-likeness (QED) is 0.302. The van der Waals surface area contributed by atoms with E-state index in [1.54, 1.807) is 49.2 Å². The monoisotopic (exact) mass is 481 g/mol. The van der Waals surface area contributed by atoms with Crippen LogP contribution in [0, 0.1) is 0 Å². The molecule has 8 heteroatoms. The molecule has 0 saturated carbocycles. The molecule has 4 aromatic rings. The van der Waals surface area contributed by atoms with Gasteiger partial charge in [-0.1, -0.05) is 35.1 Å². The van der Waals surface area contributed by atoms with Crippen LogP contribution in [-0.2, 0) is 11.3 Å². The Morgan fingerprint density at radius 1 is 1.09 bits per heavy atom. The minimum Gasteiger partial charge on any atom is -0.492 e. The molecule has 2 heterocycles. The molecule has 0 spiro atoms. The minimum atomic E-state index is -1.16. The predicted molar refractivity (Wildman–Crippen MR) is 132 cm³/mol.